The highest BCUT2D eigenvalue weighted by Gasteiger charge is 2.42. The number of nitrogens with zero attached hydrogens (tertiary/aromatic N) is 1. The van der Waals surface area contributed by atoms with Crippen LogP contribution >= 0.6 is 0 Å². The number of esters is 1. The normalized spacial score (nSPS) is 12.4. The Kier molecular flexibility index (Phi) is 4.69. The van der Waals surface area contributed by atoms with Crippen molar-refractivity contribution in [2.75, 3.05) is 6.61 Å². The minimum atomic E-state index is -4.85. The lowest BCUT2D eigenvalue weighted by Gasteiger charge is -2.11. The molecule has 1 aromatic carbocycles. The molecule has 6 heteroatoms. The highest BCUT2D eigenvalue weighted by Crippen LogP contribution is 2.27. The zero-order valence-corrected chi connectivity index (χ0v) is 10.8. The van der Waals surface area contributed by atoms with Gasteiger partial charge in [-0.15, -0.1) is 0 Å². The van der Waals surface area contributed by atoms with Crippen LogP contribution in [0.15, 0.2) is 23.2 Å². The number of carbonyl (C=O) groups is 1. The summed E-state index contributed by atoms with van der Waals surface area (Å²) in [6, 6.07) is 4.97. The lowest BCUT2D eigenvalue weighted by atomic mass is 10.1. The molecular formula is C13H14F3NO2. The van der Waals surface area contributed by atoms with E-state index in [-0.39, 0.29) is 12.3 Å². The number of carbonyl (C=O) groups excluding carboxylic acids is 1. The first kappa shape index (κ1) is 15.2. The van der Waals surface area contributed by atoms with E-state index in [1.807, 2.05) is 0 Å². The molecule has 0 atom stereocenters. The molecule has 0 heterocycles. The molecule has 0 aliphatic heterocycles. The summed E-state index contributed by atoms with van der Waals surface area (Å²) in [4.78, 5) is 14.8. The van der Waals surface area contributed by atoms with E-state index in [2.05, 4.69) is 9.73 Å². The van der Waals surface area contributed by atoms with Gasteiger partial charge in [0.1, 0.15) is 0 Å². The Hall–Kier alpha value is -1.85. The maximum Gasteiger partial charge on any atom is 0.440 e. The number of aliphatic imine (C=N–C) groups is 1. The van der Waals surface area contributed by atoms with Gasteiger partial charge in [0.05, 0.1) is 12.3 Å². The van der Waals surface area contributed by atoms with E-state index < -0.39 is 17.9 Å². The molecule has 0 spiro atoms. The fourth-order valence-corrected chi connectivity index (χ4v) is 1.52. The van der Waals surface area contributed by atoms with Gasteiger partial charge in [-0.05, 0) is 31.9 Å². The van der Waals surface area contributed by atoms with Crippen LogP contribution in [0.25, 0.3) is 0 Å². The molecule has 0 aromatic heterocycles. The van der Waals surface area contributed by atoms with Gasteiger partial charge in [-0.25, -0.2) is 9.79 Å². The first-order valence-electron chi connectivity index (χ1n) is 5.66. The minimum Gasteiger partial charge on any atom is -0.461 e. The highest BCUT2D eigenvalue weighted by molar-refractivity contribution is 6.39. The average molecular weight is 273 g/mol. The molecule has 1 rings (SSSR count). The van der Waals surface area contributed by atoms with E-state index in [1.165, 1.54) is 6.92 Å². The molecule has 19 heavy (non-hydrogen) atoms. The second kappa shape index (κ2) is 5.86. The van der Waals surface area contributed by atoms with Crippen molar-refractivity contribution >= 4 is 17.4 Å². The molecular weight excluding hydrogens is 259 g/mol. The van der Waals surface area contributed by atoms with Crippen molar-refractivity contribution in [2.24, 2.45) is 4.99 Å². The Labute approximate surface area is 109 Å². The van der Waals surface area contributed by atoms with E-state index >= 15 is 0 Å². The van der Waals surface area contributed by atoms with E-state index in [1.54, 1.807) is 32.0 Å². The Bertz CT molecular complexity index is 487. The third-order valence-corrected chi connectivity index (χ3v) is 2.40. The number of ether oxygens (including phenoxy) is 1. The molecule has 0 saturated heterocycles. The fraction of sp³-hybridized carbons (Fsp3) is 0.385. The largest absolute Gasteiger partial charge is 0.461 e. The van der Waals surface area contributed by atoms with Crippen LogP contribution in [-0.2, 0) is 9.53 Å². The van der Waals surface area contributed by atoms with Crippen molar-refractivity contribution in [1.82, 2.24) is 0 Å². The molecule has 0 unspecified atom stereocenters. The summed E-state index contributed by atoms with van der Waals surface area (Å²) in [6.07, 6.45) is -4.85. The number of rotatable bonds is 3. The zero-order valence-electron chi connectivity index (χ0n) is 10.8. The van der Waals surface area contributed by atoms with E-state index in [4.69, 9.17) is 0 Å². The summed E-state index contributed by atoms with van der Waals surface area (Å²) in [5, 5.41) is 0. The first-order chi connectivity index (χ1) is 8.77. The van der Waals surface area contributed by atoms with E-state index in [0.717, 1.165) is 0 Å². The van der Waals surface area contributed by atoms with Gasteiger partial charge in [-0.2, -0.15) is 13.2 Å². The van der Waals surface area contributed by atoms with Crippen LogP contribution in [0.4, 0.5) is 18.9 Å². The third kappa shape index (κ3) is 3.81. The van der Waals surface area contributed by atoms with Crippen molar-refractivity contribution in [3.63, 3.8) is 0 Å². The average Bonchev–Trinajstić information content (AvgIpc) is 2.26. The smallest absolute Gasteiger partial charge is 0.440 e. The monoisotopic (exact) mass is 273 g/mol. The minimum absolute atomic E-state index is 0.138. The molecule has 0 amide bonds. The highest BCUT2D eigenvalue weighted by atomic mass is 19.4. The molecule has 0 aliphatic rings. The summed E-state index contributed by atoms with van der Waals surface area (Å²) in [6.45, 7) is 4.56. The van der Waals surface area contributed by atoms with Gasteiger partial charge in [-0.1, -0.05) is 18.2 Å². The predicted molar refractivity (Wildman–Crippen MR) is 65.7 cm³/mol. The van der Waals surface area contributed by atoms with Crippen LogP contribution in [0.3, 0.4) is 0 Å². The van der Waals surface area contributed by atoms with Gasteiger partial charge in [0, 0.05) is 0 Å². The third-order valence-electron chi connectivity index (χ3n) is 2.40. The van der Waals surface area contributed by atoms with E-state index in [0.29, 0.717) is 11.1 Å². The number of halogens is 3. The second-order valence-corrected chi connectivity index (χ2v) is 3.92. The Balaban J connectivity index is 3.32. The number of para-hydroxylation sites is 1. The lowest BCUT2D eigenvalue weighted by Crippen LogP contribution is -2.32. The maximum absolute atomic E-state index is 12.8. The van der Waals surface area contributed by atoms with Crippen LogP contribution in [0.1, 0.15) is 18.1 Å². The number of hydrogen-bond acceptors (Lipinski definition) is 3. The van der Waals surface area contributed by atoms with Crippen LogP contribution in [0.2, 0.25) is 0 Å². The van der Waals surface area contributed by atoms with Crippen LogP contribution in [0.5, 0.6) is 0 Å². The summed E-state index contributed by atoms with van der Waals surface area (Å²) in [5.74, 6) is -1.46. The van der Waals surface area contributed by atoms with Crippen LogP contribution in [-0.4, -0.2) is 24.5 Å². The molecule has 0 fully saturated rings. The van der Waals surface area contributed by atoms with Gasteiger partial charge in [0.15, 0.2) is 0 Å². The second-order valence-electron chi connectivity index (χ2n) is 3.92. The molecule has 0 bridgehead atoms. The first-order valence-corrected chi connectivity index (χ1v) is 5.66. The summed E-state index contributed by atoms with van der Waals surface area (Å²) >= 11 is 0. The Morgan fingerprint density at radius 2 is 1.79 bits per heavy atom. The van der Waals surface area contributed by atoms with Crippen LogP contribution in [0, 0.1) is 13.8 Å². The molecule has 0 aliphatic carbocycles. The molecule has 104 valence electrons. The van der Waals surface area contributed by atoms with Gasteiger partial charge < -0.3 is 4.74 Å². The Morgan fingerprint density at radius 1 is 1.26 bits per heavy atom. The number of alkyl halides is 3. The van der Waals surface area contributed by atoms with E-state index in [9.17, 15) is 18.0 Å². The quantitative estimate of drug-likeness (QED) is 0.624. The predicted octanol–water partition coefficient (Wildman–Crippen LogP) is 3.50. The molecule has 1 aromatic rings. The Morgan fingerprint density at radius 3 is 2.21 bits per heavy atom. The molecule has 0 radical (unpaired) electrons. The van der Waals surface area contributed by atoms with Gasteiger partial charge in [0.25, 0.3) is 0 Å². The van der Waals surface area contributed by atoms with Crippen molar-refractivity contribution in [3.8, 4) is 0 Å². The fourth-order valence-electron chi connectivity index (χ4n) is 1.52. The SMILES string of the molecule is CCOC(=O)C(=Nc1c(C)cccc1C)C(F)(F)F. The molecule has 0 saturated carbocycles. The number of hydrogen-bond donors (Lipinski definition) is 0. The standard InChI is InChI=1S/C13H14F3NO2/c1-4-19-12(18)11(13(14,15)16)17-10-8(2)6-5-7-9(10)3/h5-7H,4H2,1-3H3. The number of benzene rings is 1. The van der Waals surface area contributed by atoms with Gasteiger partial charge >= 0.3 is 12.1 Å². The zero-order chi connectivity index (χ0) is 14.6. The van der Waals surface area contributed by atoms with Crippen molar-refractivity contribution in [1.29, 1.82) is 0 Å². The van der Waals surface area contributed by atoms with Crippen molar-refractivity contribution in [2.45, 2.75) is 26.9 Å². The van der Waals surface area contributed by atoms with Gasteiger partial charge in [0.2, 0.25) is 5.71 Å². The summed E-state index contributed by atoms with van der Waals surface area (Å²) < 4.78 is 42.8. The van der Waals surface area contributed by atoms with Crippen molar-refractivity contribution < 1.29 is 22.7 Å². The maximum atomic E-state index is 12.8. The summed E-state index contributed by atoms with van der Waals surface area (Å²) in [7, 11) is 0. The molecule has 0 N–H and O–H groups in total. The topological polar surface area (TPSA) is 38.7 Å². The van der Waals surface area contributed by atoms with Gasteiger partial charge in [-0.3, -0.25) is 0 Å². The number of aryl methyl sites for hydroxylation is 2. The molecule has 3 nitrogen and oxygen atoms in total. The van der Waals surface area contributed by atoms with Crippen molar-refractivity contribution in [3.05, 3.63) is 29.3 Å². The lowest BCUT2D eigenvalue weighted by molar-refractivity contribution is -0.139. The van der Waals surface area contributed by atoms with Crippen LogP contribution < -0.4 is 0 Å². The summed E-state index contributed by atoms with van der Waals surface area (Å²) in [5.41, 5.74) is -0.272.